The lowest BCUT2D eigenvalue weighted by molar-refractivity contribution is 0.0979. The lowest BCUT2D eigenvalue weighted by atomic mass is 10.1. The van der Waals surface area contributed by atoms with Gasteiger partial charge in [0, 0.05) is 23.6 Å². The maximum atomic E-state index is 12.4. The van der Waals surface area contributed by atoms with Crippen LogP contribution in [0.2, 0.25) is 15.1 Å². The van der Waals surface area contributed by atoms with E-state index < -0.39 is 0 Å². The van der Waals surface area contributed by atoms with Crippen molar-refractivity contribution in [3.05, 3.63) is 50.7 Å². The summed E-state index contributed by atoms with van der Waals surface area (Å²) in [6.07, 6.45) is 1.59. The van der Waals surface area contributed by atoms with Gasteiger partial charge in [0.05, 0.1) is 24.4 Å². The fourth-order valence-electron chi connectivity index (χ4n) is 1.91. The highest BCUT2D eigenvalue weighted by Crippen LogP contribution is 2.24. The molecule has 0 saturated carbocycles. The number of carbonyl (C=O) groups excluding carboxylic acids is 1. The minimum Gasteiger partial charge on any atom is -0.383 e. The molecule has 2 aromatic rings. The summed E-state index contributed by atoms with van der Waals surface area (Å²) in [5.41, 5.74) is 1.06. The van der Waals surface area contributed by atoms with Gasteiger partial charge in [0.25, 0.3) is 0 Å². The van der Waals surface area contributed by atoms with Crippen LogP contribution in [0.15, 0.2) is 24.4 Å². The summed E-state index contributed by atoms with van der Waals surface area (Å²) >= 11 is 18.0. The molecule has 0 unspecified atom stereocenters. The molecule has 0 saturated heterocycles. The van der Waals surface area contributed by atoms with E-state index in [0.29, 0.717) is 39.5 Å². The van der Waals surface area contributed by atoms with Crippen molar-refractivity contribution in [1.29, 1.82) is 0 Å². The molecule has 0 amide bonds. The summed E-state index contributed by atoms with van der Waals surface area (Å²) in [7, 11) is 1.58. The molecule has 2 rings (SSSR count). The van der Waals surface area contributed by atoms with Gasteiger partial charge in [0.2, 0.25) is 0 Å². The first-order valence-electron chi connectivity index (χ1n) is 6.20. The summed E-state index contributed by atoms with van der Waals surface area (Å²) in [5, 5.41) is 5.38. The number of benzene rings is 1. The molecule has 4 nitrogen and oxygen atoms in total. The third kappa shape index (κ3) is 3.98. The Balaban J connectivity index is 2.22. The number of halogens is 3. The summed E-state index contributed by atoms with van der Waals surface area (Å²) in [5.74, 6) is -0.155. The number of Topliss-reactive ketones (excluding diaryl/α,β-unsaturated/α-hetero) is 1. The molecule has 7 heteroatoms. The molecule has 0 fully saturated rings. The lowest BCUT2D eigenvalue weighted by Crippen LogP contribution is -2.15. The smallest absolute Gasteiger partial charge is 0.186 e. The number of ketones is 1. The second-order valence-electron chi connectivity index (χ2n) is 4.39. The van der Waals surface area contributed by atoms with Gasteiger partial charge in [-0.25, -0.2) is 0 Å². The van der Waals surface area contributed by atoms with E-state index in [0.717, 1.165) is 0 Å². The highest BCUT2D eigenvalue weighted by atomic mass is 35.5. The molecule has 0 atom stereocenters. The summed E-state index contributed by atoms with van der Waals surface area (Å²) < 4.78 is 6.53. The van der Waals surface area contributed by atoms with Gasteiger partial charge in [0.15, 0.2) is 5.78 Å². The van der Waals surface area contributed by atoms with Crippen LogP contribution in [-0.2, 0) is 17.7 Å². The van der Waals surface area contributed by atoms with Crippen LogP contribution in [0.4, 0.5) is 0 Å². The van der Waals surface area contributed by atoms with E-state index in [1.54, 1.807) is 25.3 Å². The second kappa shape index (κ2) is 7.27. The normalized spacial score (nSPS) is 10.9. The Morgan fingerprint density at radius 1 is 1.29 bits per heavy atom. The van der Waals surface area contributed by atoms with Crippen molar-refractivity contribution in [3.63, 3.8) is 0 Å². The molecule has 1 heterocycles. The number of hydrogen-bond acceptors (Lipinski definition) is 3. The van der Waals surface area contributed by atoms with Crippen molar-refractivity contribution < 1.29 is 9.53 Å². The quantitative estimate of drug-likeness (QED) is 0.744. The number of ether oxygens (including phenoxy) is 1. The van der Waals surface area contributed by atoms with Gasteiger partial charge in [-0.3, -0.25) is 9.48 Å². The van der Waals surface area contributed by atoms with E-state index >= 15 is 0 Å². The molecule has 0 aliphatic heterocycles. The first kappa shape index (κ1) is 16.3. The molecule has 0 bridgehead atoms. The topological polar surface area (TPSA) is 44.1 Å². The predicted molar refractivity (Wildman–Crippen MR) is 83.6 cm³/mol. The Morgan fingerprint density at radius 2 is 2.05 bits per heavy atom. The zero-order valence-electron chi connectivity index (χ0n) is 11.3. The van der Waals surface area contributed by atoms with Crippen molar-refractivity contribution in [2.45, 2.75) is 13.0 Å². The fraction of sp³-hybridized carbons (Fsp3) is 0.286. The van der Waals surface area contributed by atoms with Crippen molar-refractivity contribution in [3.8, 4) is 0 Å². The standard InChI is InChI=1S/C14H13Cl3N2O2/c1-21-5-4-19-14(12(17)8-18-19)13(20)6-9-2-3-10(15)7-11(9)16/h2-3,7-8H,4-6H2,1H3. The van der Waals surface area contributed by atoms with Crippen molar-refractivity contribution in [2.24, 2.45) is 0 Å². The SMILES string of the molecule is COCCn1ncc(Cl)c1C(=O)Cc1ccc(Cl)cc1Cl. The van der Waals surface area contributed by atoms with Crippen LogP contribution in [0, 0.1) is 0 Å². The molecule has 0 aliphatic rings. The molecule has 0 spiro atoms. The molecule has 0 radical (unpaired) electrons. The van der Waals surface area contributed by atoms with E-state index in [2.05, 4.69) is 5.10 Å². The number of aromatic nitrogens is 2. The third-order valence-corrected chi connectivity index (χ3v) is 3.80. The van der Waals surface area contributed by atoms with Gasteiger partial charge in [-0.15, -0.1) is 0 Å². The van der Waals surface area contributed by atoms with Gasteiger partial charge in [-0.1, -0.05) is 40.9 Å². The highest BCUT2D eigenvalue weighted by molar-refractivity contribution is 6.35. The molecule has 0 aliphatic carbocycles. The zero-order valence-corrected chi connectivity index (χ0v) is 13.5. The van der Waals surface area contributed by atoms with Gasteiger partial charge in [0.1, 0.15) is 5.69 Å². The Kier molecular flexibility index (Phi) is 5.65. The predicted octanol–water partition coefficient (Wildman–Crippen LogP) is 3.92. The molecule has 112 valence electrons. The van der Waals surface area contributed by atoms with Crippen LogP contribution in [0.1, 0.15) is 16.1 Å². The molecule has 21 heavy (non-hydrogen) atoms. The number of methoxy groups -OCH3 is 1. The minimum atomic E-state index is -0.155. The van der Waals surface area contributed by atoms with Gasteiger partial charge < -0.3 is 4.74 Å². The second-order valence-corrected chi connectivity index (χ2v) is 5.64. The van der Waals surface area contributed by atoms with Crippen LogP contribution in [0.25, 0.3) is 0 Å². The van der Waals surface area contributed by atoms with Crippen LogP contribution in [0.5, 0.6) is 0 Å². The van der Waals surface area contributed by atoms with E-state index in [9.17, 15) is 4.79 Å². The largest absolute Gasteiger partial charge is 0.383 e. The number of carbonyl (C=O) groups is 1. The monoisotopic (exact) mass is 346 g/mol. The maximum absolute atomic E-state index is 12.4. The van der Waals surface area contributed by atoms with Gasteiger partial charge >= 0.3 is 0 Å². The van der Waals surface area contributed by atoms with Crippen molar-refractivity contribution in [1.82, 2.24) is 9.78 Å². The van der Waals surface area contributed by atoms with Crippen LogP contribution in [-0.4, -0.2) is 29.3 Å². The van der Waals surface area contributed by atoms with Crippen LogP contribution in [0.3, 0.4) is 0 Å². The Bertz CT molecular complexity index is 656. The average molecular weight is 348 g/mol. The van der Waals surface area contributed by atoms with Gasteiger partial charge in [-0.2, -0.15) is 5.10 Å². The number of hydrogen-bond donors (Lipinski definition) is 0. The Hall–Kier alpha value is -1.07. The van der Waals surface area contributed by atoms with E-state index in [4.69, 9.17) is 39.5 Å². The summed E-state index contributed by atoms with van der Waals surface area (Å²) in [6.45, 7) is 0.901. The summed E-state index contributed by atoms with van der Waals surface area (Å²) in [6, 6.07) is 5.03. The average Bonchev–Trinajstić information content (AvgIpc) is 2.80. The molecular formula is C14H13Cl3N2O2. The van der Waals surface area contributed by atoms with E-state index in [-0.39, 0.29) is 12.2 Å². The molecule has 1 aromatic heterocycles. The number of nitrogens with zero attached hydrogens (tertiary/aromatic N) is 2. The Labute approximate surface area is 137 Å². The van der Waals surface area contributed by atoms with Crippen LogP contribution < -0.4 is 0 Å². The molecule has 0 N–H and O–H groups in total. The van der Waals surface area contributed by atoms with Crippen molar-refractivity contribution >= 4 is 40.6 Å². The van der Waals surface area contributed by atoms with E-state index in [1.165, 1.54) is 10.9 Å². The fourth-order valence-corrected chi connectivity index (χ4v) is 2.63. The van der Waals surface area contributed by atoms with Crippen molar-refractivity contribution in [2.75, 3.05) is 13.7 Å². The zero-order chi connectivity index (χ0) is 15.4. The van der Waals surface area contributed by atoms with E-state index in [1.807, 2.05) is 0 Å². The van der Waals surface area contributed by atoms with Gasteiger partial charge in [-0.05, 0) is 17.7 Å². The summed E-state index contributed by atoms with van der Waals surface area (Å²) in [4.78, 5) is 12.4. The molecule has 1 aromatic carbocycles. The first-order chi connectivity index (χ1) is 10.0. The Morgan fingerprint density at radius 3 is 2.71 bits per heavy atom. The minimum absolute atomic E-state index is 0.133. The number of rotatable bonds is 6. The lowest BCUT2D eigenvalue weighted by Gasteiger charge is -2.08. The first-order valence-corrected chi connectivity index (χ1v) is 7.33. The van der Waals surface area contributed by atoms with Crippen LogP contribution >= 0.6 is 34.8 Å². The maximum Gasteiger partial charge on any atom is 0.186 e. The molecular weight excluding hydrogens is 335 g/mol. The highest BCUT2D eigenvalue weighted by Gasteiger charge is 2.18. The third-order valence-electron chi connectivity index (χ3n) is 2.93.